The van der Waals surface area contributed by atoms with Crippen molar-refractivity contribution in [3.8, 4) is 11.5 Å². The van der Waals surface area contributed by atoms with Gasteiger partial charge >= 0.3 is 36.2 Å². The van der Waals surface area contributed by atoms with Gasteiger partial charge in [-0.1, -0.05) is 31.7 Å². The first-order valence-electron chi connectivity index (χ1n) is 28.4. The highest BCUT2D eigenvalue weighted by Gasteiger charge is 2.31. The number of aromatic nitrogens is 4. The molecule has 6 amide bonds. The number of ether oxygens (including phenoxy) is 3. The predicted molar refractivity (Wildman–Crippen MR) is 324 cm³/mol. The number of rotatable bonds is 22. The monoisotopic (exact) mass is 1150 g/mol. The van der Waals surface area contributed by atoms with Crippen molar-refractivity contribution in [2.45, 2.75) is 126 Å². The summed E-state index contributed by atoms with van der Waals surface area (Å²) in [5, 5.41) is 16.4. The minimum atomic E-state index is -1.07. The lowest BCUT2D eigenvalue weighted by molar-refractivity contribution is -0.155. The highest BCUT2D eigenvalue weighted by molar-refractivity contribution is 5.96. The highest BCUT2D eigenvalue weighted by atomic mass is 16.6. The summed E-state index contributed by atoms with van der Waals surface area (Å²) in [6, 6.07) is 11.5. The van der Waals surface area contributed by atoms with Crippen molar-refractivity contribution < 1.29 is 48.1 Å². The summed E-state index contributed by atoms with van der Waals surface area (Å²) >= 11 is 0. The fraction of sp³-hybridized carbons (Fsp3) is 0.559. The summed E-state index contributed by atoms with van der Waals surface area (Å²) in [6.45, 7) is 23.3. The Morgan fingerprint density at radius 3 is 1.23 bits per heavy atom. The van der Waals surface area contributed by atoms with Gasteiger partial charge < -0.3 is 59.4 Å². The van der Waals surface area contributed by atoms with E-state index in [1.165, 1.54) is 14.7 Å². The Morgan fingerprint density at radius 2 is 0.916 bits per heavy atom. The minimum Gasteiger partial charge on any atom is -0.480 e. The number of esters is 1. The zero-order valence-electron chi connectivity index (χ0n) is 50.2. The van der Waals surface area contributed by atoms with Crippen molar-refractivity contribution in [1.82, 2.24) is 39.5 Å². The molecule has 3 N–H and O–H groups in total. The third-order valence-electron chi connectivity index (χ3n) is 13.5. The number of anilines is 6. The molecular weight excluding hydrogens is 1060 g/mol. The molecule has 2 fully saturated rings. The van der Waals surface area contributed by atoms with Gasteiger partial charge in [-0.3, -0.25) is 9.80 Å². The number of nitrogens with one attached hydrogen (secondary N) is 2. The second-order valence-corrected chi connectivity index (χ2v) is 21.1. The Hall–Kier alpha value is -8.18. The van der Waals surface area contributed by atoms with Crippen molar-refractivity contribution in [3.05, 3.63) is 72.1 Å². The van der Waals surface area contributed by atoms with E-state index >= 15 is 0 Å². The van der Waals surface area contributed by atoms with Gasteiger partial charge in [0.1, 0.15) is 40.6 Å². The summed E-state index contributed by atoms with van der Waals surface area (Å²) in [5.41, 5.74) is 1.67. The van der Waals surface area contributed by atoms with E-state index in [0.29, 0.717) is 106 Å². The first-order valence-corrected chi connectivity index (χ1v) is 28.4. The molecule has 4 aromatic rings. The van der Waals surface area contributed by atoms with E-state index in [9.17, 15) is 33.9 Å². The number of aliphatic carboxylic acids is 1. The maximum Gasteiger partial charge on any atom is 0.415 e. The number of carbonyl (C=O) groups excluding carboxylic acids is 5. The van der Waals surface area contributed by atoms with Crippen LogP contribution in [-0.2, 0) is 27.2 Å². The van der Waals surface area contributed by atoms with Gasteiger partial charge in [-0.25, -0.2) is 38.7 Å². The van der Waals surface area contributed by atoms with E-state index < -0.39 is 29.6 Å². The molecule has 2 aromatic carbocycles. The molecule has 0 saturated carbocycles. The average Bonchev–Trinajstić information content (AvgIpc) is 4.36. The van der Waals surface area contributed by atoms with Gasteiger partial charge in [0.15, 0.2) is 11.6 Å². The lowest BCUT2D eigenvalue weighted by Crippen LogP contribution is -2.42. The van der Waals surface area contributed by atoms with Crippen LogP contribution in [-0.4, -0.2) is 192 Å². The maximum absolute atomic E-state index is 13.5. The molecule has 0 bridgehead atoms. The number of likely N-dealkylation sites (tertiary alicyclic amines) is 2. The fourth-order valence-corrected chi connectivity index (χ4v) is 9.04. The predicted octanol–water partition coefficient (Wildman–Crippen LogP) is 8.96. The fourth-order valence-electron chi connectivity index (χ4n) is 9.04. The first-order chi connectivity index (χ1) is 39.0. The molecule has 0 radical (unpaired) electrons. The molecule has 0 unspecified atom stereocenters. The van der Waals surface area contributed by atoms with Crippen LogP contribution >= 0.6 is 0 Å². The third kappa shape index (κ3) is 19.2. The molecule has 2 aliphatic rings. The number of nitrogens with zero attached hydrogens (tertiary/aromatic N) is 12. The van der Waals surface area contributed by atoms with Gasteiger partial charge in [0, 0.05) is 106 Å². The second-order valence-electron chi connectivity index (χ2n) is 21.1. The Morgan fingerprint density at radius 1 is 0.566 bits per heavy atom. The van der Waals surface area contributed by atoms with Crippen LogP contribution in [0.25, 0.3) is 0 Å². The SMILES string of the molecule is C.CCN(CC)c1ncc(N(CC)C(=O)N(C)C)c(N[C@@H](Cc2ccc(OC(=O)N3CCCC3)cc2)C(=O)O)n1.CCN(CC)c1ncc(N(CC)C(=O)N(C)C)c(N[C@@H](Cc2ccc(OC(=O)N3CCCC3)cc2)C(=O)OC(C)(C)C)n1. The van der Waals surface area contributed by atoms with Crippen molar-refractivity contribution in [2.75, 3.05) is 124 Å². The van der Waals surface area contributed by atoms with Crippen molar-refractivity contribution in [2.24, 2.45) is 0 Å². The Bertz CT molecular complexity index is 2740. The van der Waals surface area contributed by atoms with Gasteiger partial charge in [-0.05, 0) is 123 Å². The van der Waals surface area contributed by atoms with Crippen LogP contribution in [0.15, 0.2) is 60.9 Å². The number of carboxylic acid groups (broad SMARTS) is 1. The zero-order chi connectivity index (χ0) is 60.3. The van der Waals surface area contributed by atoms with Gasteiger partial charge in [-0.15, -0.1) is 0 Å². The van der Waals surface area contributed by atoms with Crippen molar-refractivity contribution in [3.63, 3.8) is 0 Å². The third-order valence-corrected chi connectivity index (χ3v) is 13.5. The second kappa shape index (κ2) is 31.9. The van der Waals surface area contributed by atoms with Crippen molar-refractivity contribution >= 4 is 71.1 Å². The molecule has 2 aromatic heterocycles. The van der Waals surface area contributed by atoms with Crippen LogP contribution in [0.5, 0.6) is 11.5 Å². The van der Waals surface area contributed by atoms with E-state index in [2.05, 4.69) is 25.6 Å². The van der Waals surface area contributed by atoms with Crippen molar-refractivity contribution in [1.29, 1.82) is 0 Å². The average molecular weight is 1160 g/mol. The number of hydrogen-bond donors (Lipinski definition) is 3. The number of urea groups is 2. The smallest absolute Gasteiger partial charge is 0.415 e. The van der Waals surface area contributed by atoms with Crippen LogP contribution in [0.2, 0.25) is 0 Å². The molecule has 456 valence electrons. The molecule has 0 spiro atoms. The van der Waals surface area contributed by atoms with Gasteiger partial charge in [0.2, 0.25) is 11.9 Å². The number of amides is 6. The standard InChI is InChI=1S/C31H47N7O5.C27H39N7O5.CH4/c1-9-36(10-2)28-32-21-25(38(11-3)29(40)35(7)8)26(34-28)33-24(27(39)43-31(4,5)6)20-22-14-16-23(17-15-22)42-30(41)37-18-12-13-19-37;1-6-32(7-2)25-28-18-22(34(8-3)26(37)31(4)5)23(30-25)29-21(24(35)36)17-19-11-13-20(14-12-19)39-27(38)33-15-9-10-16-33;/h14-17,21,24H,9-13,18-20H2,1-8H3,(H,32,33,34);11-14,18,21H,6-10,15-17H2,1-5H3,(H,35,36)(H,28,29,30);1H4/t24-;21-;/m00./s1. The van der Waals surface area contributed by atoms with Gasteiger partial charge in [-0.2, -0.15) is 9.97 Å². The Kier molecular flexibility index (Phi) is 25.9. The summed E-state index contributed by atoms with van der Waals surface area (Å²) in [5.74, 6) is 0.824. The number of carbonyl (C=O) groups is 6. The number of hydrogen-bond acceptors (Lipinski definition) is 17. The molecule has 2 aliphatic heterocycles. The van der Waals surface area contributed by atoms with Gasteiger partial charge in [0.25, 0.3) is 0 Å². The number of carboxylic acids is 1. The van der Waals surface area contributed by atoms with Gasteiger partial charge in [0.05, 0.1) is 12.4 Å². The highest BCUT2D eigenvalue weighted by Crippen LogP contribution is 2.31. The summed E-state index contributed by atoms with van der Waals surface area (Å²) in [6.07, 6.45) is 6.74. The number of benzene rings is 2. The van der Waals surface area contributed by atoms with Crippen LogP contribution in [0, 0.1) is 0 Å². The summed E-state index contributed by atoms with van der Waals surface area (Å²) < 4.78 is 16.8. The lowest BCUT2D eigenvalue weighted by Gasteiger charge is -2.30. The van der Waals surface area contributed by atoms with E-state index in [0.717, 1.165) is 36.8 Å². The first kappa shape index (κ1) is 67.3. The minimum absolute atomic E-state index is 0. The molecule has 6 rings (SSSR count). The quantitative estimate of drug-likeness (QED) is 0.0621. The molecule has 2 atom stereocenters. The molecule has 83 heavy (non-hydrogen) atoms. The van der Waals surface area contributed by atoms with E-state index in [-0.39, 0.29) is 50.3 Å². The zero-order valence-corrected chi connectivity index (χ0v) is 50.2. The summed E-state index contributed by atoms with van der Waals surface area (Å²) in [7, 11) is 6.66. The Labute approximate surface area is 490 Å². The molecule has 4 heterocycles. The molecule has 24 nitrogen and oxygen atoms in total. The van der Waals surface area contributed by atoms with E-state index in [1.807, 2.05) is 84.2 Å². The van der Waals surface area contributed by atoms with E-state index in [4.69, 9.17) is 19.2 Å². The molecule has 0 aliphatic carbocycles. The Balaban J connectivity index is 0.000000354. The van der Waals surface area contributed by atoms with E-state index in [1.54, 1.807) is 91.7 Å². The van der Waals surface area contributed by atoms with Crippen LogP contribution in [0.3, 0.4) is 0 Å². The van der Waals surface area contributed by atoms with Crippen LogP contribution in [0.1, 0.15) is 107 Å². The molecule has 24 heteroatoms. The van der Waals surface area contributed by atoms with Crippen LogP contribution < -0.4 is 39.7 Å². The lowest BCUT2D eigenvalue weighted by atomic mass is 10.0. The summed E-state index contributed by atoms with van der Waals surface area (Å²) in [4.78, 5) is 108. The largest absolute Gasteiger partial charge is 0.480 e. The van der Waals surface area contributed by atoms with Crippen LogP contribution in [0.4, 0.5) is 54.1 Å². The molecule has 2 saturated heterocycles. The normalized spacial score (nSPS) is 13.5. The molecular formula is C59H90N14O10. The maximum atomic E-state index is 13.5. The topological polar surface area (TPSA) is 252 Å².